The van der Waals surface area contributed by atoms with Crippen molar-refractivity contribution in [2.45, 2.75) is 12.8 Å². The highest BCUT2D eigenvalue weighted by Gasteiger charge is 2.11. The average molecular weight is 359 g/mol. The first kappa shape index (κ1) is 18.3. The molecule has 0 fully saturated rings. The van der Waals surface area contributed by atoms with Gasteiger partial charge in [0.25, 0.3) is 11.8 Å². The predicted molar refractivity (Wildman–Crippen MR) is 106 cm³/mol. The van der Waals surface area contributed by atoms with Crippen molar-refractivity contribution in [1.82, 2.24) is 10.3 Å². The van der Waals surface area contributed by atoms with Gasteiger partial charge in [-0.1, -0.05) is 48.5 Å². The van der Waals surface area contributed by atoms with Crippen molar-refractivity contribution < 1.29 is 9.59 Å². The fraction of sp³-hybridized carbons (Fsp3) is 0.136. The van der Waals surface area contributed by atoms with E-state index in [9.17, 15) is 9.59 Å². The summed E-state index contributed by atoms with van der Waals surface area (Å²) in [5, 5.41) is 5.66. The number of carbonyl (C=O) groups is 2. The predicted octanol–water partition coefficient (Wildman–Crippen LogP) is 3.70. The molecule has 1 aromatic heterocycles. The van der Waals surface area contributed by atoms with Gasteiger partial charge in [0.1, 0.15) is 0 Å². The van der Waals surface area contributed by atoms with Crippen LogP contribution in [-0.2, 0) is 6.42 Å². The molecule has 0 radical (unpaired) electrons. The molecule has 0 bridgehead atoms. The molecule has 5 nitrogen and oxygen atoms in total. The third-order valence-electron chi connectivity index (χ3n) is 4.06. The van der Waals surface area contributed by atoms with Gasteiger partial charge in [-0.25, -0.2) is 0 Å². The number of aryl methyl sites for hydroxylation is 1. The van der Waals surface area contributed by atoms with Crippen LogP contribution in [0.4, 0.5) is 5.69 Å². The number of para-hydroxylation sites is 1. The van der Waals surface area contributed by atoms with Gasteiger partial charge in [0, 0.05) is 24.6 Å². The number of pyridine rings is 1. The smallest absolute Gasteiger partial charge is 0.257 e. The summed E-state index contributed by atoms with van der Waals surface area (Å²) in [6.07, 6.45) is 4.66. The van der Waals surface area contributed by atoms with E-state index in [0.717, 1.165) is 12.8 Å². The van der Waals surface area contributed by atoms with Crippen LogP contribution in [0.15, 0.2) is 79.1 Å². The number of aromatic nitrogens is 1. The molecule has 0 saturated heterocycles. The molecular formula is C22H21N3O2. The van der Waals surface area contributed by atoms with Crippen molar-refractivity contribution in [3.8, 4) is 0 Å². The van der Waals surface area contributed by atoms with E-state index in [1.165, 1.54) is 18.0 Å². The maximum atomic E-state index is 12.3. The van der Waals surface area contributed by atoms with Gasteiger partial charge >= 0.3 is 0 Å². The van der Waals surface area contributed by atoms with Crippen molar-refractivity contribution >= 4 is 17.5 Å². The van der Waals surface area contributed by atoms with Crippen LogP contribution in [0.2, 0.25) is 0 Å². The Morgan fingerprint density at radius 3 is 2.15 bits per heavy atom. The maximum Gasteiger partial charge on any atom is 0.257 e. The van der Waals surface area contributed by atoms with Gasteiger partial charge in [0.2, 0.25) is 0 Å². The molecule has 2 amide bonds. The maximum absolute atomic E-state index is 12.3. The summed E-state index contributed by atoms with van der Waals surface area (Å²) in [5.41, 5.74) is 2.65. The lowest BCUT2D eigenvalue weighted by atomic mass is 10.1. The first-order valence-corrected chi connectivity index (χ1v) is 8.86. The summed E-state index contributed by atoms with van der Waals surface area (Å²) < 4.78 is 0. The second-order valence-corrected chi connectivity index (χ2v) is 6.13. The SMILES string of the molecule is O=C(NCCCc1ccccc1)c1cncc(C(=O)Nc2ccccc2)c1. The molecule has 2 N–H and O–H groups in total. The minimum Gasteiger partial charge on any atom is -0.352 e. The van der Waals surface area contributed by atoms with E-state index < -0.39 is 0 Å². The largest absolute Gasteiger partial charge is 0.352 e. The first-order chi connectivity index (χ1) is 13.2. The third kappa shape index (κ3) is 5.51. The Bertz CT molecular complexity index is 896. The molecule has 0 saturated carbocycles. The molecular weight excluding hydrogens is 338 g/mol. The zero-order chi connectivity index (χ0) is 18.9. The van der Waals surface area contributed by atoms with Crippen LogP contribution in [0.1, 0.15) is 32.7 Å². The lowest BCUT2D eigenvalue weighted by molar-refractivity contribution is 0.0953. The number of anilines is 1. The van der Waals surface area contributed by atoms with E-state index in [0.29, 0.717) is 23.4 Å². The second kappa shape index (κ2) is 9.29. The average Bonchev–Trinajstić information content (AvgIpc) is 2.72. The minimum absolute atomic E-state index is 0.232. The van der Waals surface area contributed by atoms with Crippen LogP contribution in [0.25, 0.3) is 0 Å². The molecule has 27 heavy (non-hydrogen) atoms. The lowest BCUT2D eigenvalue weighted by Crippen LogP contribution is -2.25. The molecule has 2 aromatic carbocycles. The topological polar surface area (TPSA) is 71.1 Å². The van der Waals surface area contributed by atoms with E-state index in [1.807, 2.05) is 36.4 Å². The minimum atomic E-state index is -0.299. The fourth-order valence-corrected chi connectivity index (χ4v) is 2.65. The van der Waals surface area contributed by atoms with Gasteiger partial charge in [-0.3, -0.25) is 14.6 Å². The Hall–Kier alpha value is -3.47. The van der Waals surface area contributed by atoms with Crippen LogP contribution in [-0.4, -0.2) is 23.3 Å². The number of rotatable bonds is 7. The number of amides is 2. The number of nitrogens with zero attached hydrogens (tertiary/aromatic N) is 1. The highest BCUT2D eigenvalue weighted by molar-refractivity contribution is 6.05. The Morgan fingerprint density at radius 1 is 0.815 bits per heavy atom. The van der Waals surface area contributed by atoms with Crippen molar-refractivity contribution in [2.75, 3.05) is 11.9 Å². The molecule has 3 rings (SSSR count). The number of benzene rings is 2. The molecule has 0 atom stereocenters. The first-order valence-electron chi connectivity index (χ1n) is 8.86. The molecule has 136 valence electrons. The van der Waals surface area contributed by atoms with Crippen molar-refractivity contribution in [1.29, 1.82) is 0 Å². The van der Waals surface area contributed by atoms with Gasteiger partial charge in [-0.15, -0.1) is 0 Å². The molecule has 0 unspecified atom stereocenters. The molecule has 0 spiro atoms. The van der Waals surface area contributed by atoms with E-state index in [1.54, 1.807) is 18.2 Å². The Morgan fingerprint density at radius 2 is 1.44 bits per heavy atom. The van der Waals surface area contributed by atoms with Crippen molar-refractivity contribution in [3.63, 3.8) is 0 Å². The van der Waals surface area contributed by atoms with Crippen LogP contribution in [0.5, 0.6) is 0 Å². The number of nitrogens with one attached hydrogen (secondary N) is 2. The summed E-state index contributed by atoms with van der Waals surface area (Å²) in [6, 6.07) is 20.8. The zero-order valence-electron chi connectivity index (χ0n) is 14.9. The monoisotopic (exact) mass is 359 g/mol. The van der Waals surface area contributed by atoms with E-state index in [-0.39, 0.29) is 11.8 Å². The standard InChI is InChI=1S/C22H21N3O2/c26-21(24-13-7-10-17-8-3-1-4-9-17)18-14-19(16-23-15-18)22(27)25-20-11-5-2-6-12-20/h1-6,8-9,11-12,14-16H,7,10,13H2,(H,24,26)(H,25,27). The van der Waals surface area contributed by atoms with Gasteiger partial charge < -0.3 is 10.6 Å². The van der Waals surface area contributed by atoms with Gasteiger partial charge in [0.05, 0.1) is 11.1 Å². The van der Waals surface area contributed by atoms with Crippen LogP contribution in [0, 0.1) is 0 Å². The van der Waals surface area contributed by atoms with Gasteiger partial charge in [0.15, 0.2) is 0 Å². The molecule has 5 heteroatoms. The summed E-state index contributed by atoms with van der Waals surface area (Å²) >= 11 is 0. The van der Waals surface area contributed by atoms with Crippen LogP contribution in [0.3, 0.4) is 0 Å². The summed E-state index contributed by atoms with van der Waals surface area (Å²) in [5.74, 6) is -0.530. The van der Waals surface area contributed by atoms with Gasteiger partial charge in [-0.05, 0) is 36.6 Å². The number of hydrogen-bond acceptors (Lipinski definition) is 3. The molecule has 0 aliphatic heterocycles. The van der Waals surface area contributed by atoms with E-state index >= 15 is 0 Å². The van der Waals surface area contributed by atoms with Crippen molar-refractivity contribution in [2.24, 2.45) is 0 Å². The third-order valence-corrected chi connectivity index (χ3v) is 4.06. The number of hydrogen-bond donors (Lipinski definition) is 2. The van der Waals surface area contributed by atoms with Crippen LogP contribution < -0.4 is 10.6 Å². The molecule has 3 aromatic rings. The van der Waals surface area contributed by atoms with Gasteiger partial charge in [-0.2, -0.15) is 0 Å². The second-order valence-electron chi connectivity index (χ2n) is 6.13. The van der Waals surface area contributed by atoms with Crippen molar-refractivity contribution in [3.05, 3.63) is 95.8 Å². The lowest BCUT2D eigenvalue weighted by Gasteiger charge is -2.08. The highest BCUT2D eigenvalue weighted by atomic mass is 16.2. The summed E-state index contributed by atoms with van der Waals surface area (Å²) in [4.78, 5) is 28.7. The van der Waals surface area contributed by atoms with E-state index in [4.69, 9.17) is 0 Å². The number of carbonyl (C=O) groups excluding carboxylic acids is 2. The quantitative estimate of drug-likeness (QED) is 0.632. The molecule has 0 aliphatic carbocycles. The normalized spacial score (nSPS) is 10.2. The Balaban J connectivity index is 1.53. The van der Waals surface area contributed by atoms with E-state index in [2.05, 4.69) is 27.8 Å². The Labute approximate surface area is 158 Å². The summed E-state index contributed by atoms with van der Waals surface area (Å²) in [7, 11) is 0. The molecule has 1 heterocycles. The zero-order valence-corrected chi connectivity index (χ0v) is 14.9. The summed E-state index contributed by atoms with van der Waals surface area (Å²) in [6.45, 7) is 0.564. The molecule has 0 aliphatic rings. The highest BCUT2D eigenvalue weighted by Crippen LogP contribution is 2.09. The van der Waals surface area contributed by atoms with Crippen LogP contribution >= 0.6 is 0 Å². The fourth-order valence-electron chi connectivity index (χ4n) is 2.65. The Kier molecular flexibility index (Phi) is 6.30.